The van der Waals surface area contributed by atoms with E-state index in [0.717, 1.165) is 38.5 Å². The Morgan fingerprint density at radius 1 is 0.765 bits per heavy atom. The number of hydrogen-bond acceptors (Lipinski definition) is 0. The van der Waals surface area contributed by atoms with Crippen molar-refractivity contribution in [1.29, 1.82) is 0 Å². The smallest absolute Gasteiger partial charge is 0.171 e. The van der Waals surface area contributed by atoms with Crippen molar-refractivity contribution < 1.29 is 13.2 Å². The summed E-state index contributed by atoms with van der Waals surface area (Å²) in [6.07, 6.45) is 3.47. The lowest BCUT2D eigenvalue weighted by atomic mass is 9.64. The van der Waals surface area contributed by atoms with E-state index in [2.05, 4.69) is 6.92 Å². The number of halogens is 3. The second-order valence-corrected chi connectivity index (χ2v) is 6.02. The molecule has 2 saturated carbocycles. The molecule has 2 aliphatic carbocycles. The first kappa shape index (κ1) is 13.2. The molecular formula is C14H23F3. The summed E-state index contributed by atoms with van der Waals surface area (Å²) < 4.78 is 39.2. The van der Waals surface area contributed by atoms with E-state index in [4.69, 9.17) is 0 Å². The zero-order chi connectivity index (χ0) is 12.5. The predicted molar refractivity (Wildman–Crippen MR) is 62.6 cm³/mol. The average molecular weight is 248 g/mol. The first-order valence-electron chi connectivity index (χ1n) is 7.07. The highest BCUT2D eigenvalue weighted by Gasteiger charge is 2.48. The van der Waals surface area contributed by atoms with Crippen LogP contribution in [0, 0.1) is 23.7 Å². The van der Waals surface area contributed by atoms with E-state index in [1.54, 1.807) is 0 Å². The van der Waals surface area contributed by atoms with Crippen LogP contribution in [0.1, 0.15) is 58.3 Å². The highest BCUT2D eigenvalue weighted by Crippen LogP contribution is 2.49. The molecule has 0 bridgehead atoms. The van der Waals surface area contributed by atoms with Crippen LogP contribution in [0.3, 0.4) is 0 Å². The number of hydrogen-bond donors (Lipinski definition) is 0. The summed E-state index contributed by atoms with van der Waals surface area (Å²) >= 11 is 0. The van der Waals surface area contributed by atoms with Crippen LogP contribution in [0.2, 0.25) is 0 Å². The first-order chi connectivity index (χ1) is 8.00. The molecule has 0 spiro atoms. The van der Waals surface area contributed by atoms with Gasteiger partial charge in [-0.2, -0.15) is 13.2 Å². The van der Waals surface area contributed by atoms with E-state index in [1.165, 1.54) is 6.42 Å². The summed E-state index contributed by atoms with van der Waals surface area (Å²) in [5, 5.41) is 0. The first-order valence-corrected chi connectivity index (χ1v) is 7.07. The summed E-state index contributed by atoms with van der Waals surface area (Å²) in [6.45, 7) is 2.16. The minimum Gasteiger partial charge on any atom is -0.171 e. The molecule has 2 fully saturated rings. The molecule has 4 unspecified atom stereocenters. The Balaban J connectivity index is 2.10. The highest BCUT2D eigenvalue weighted by atomic mass is 19.4. The second-order valence-electron chi connectivity index (χ2n) is 6.02. The summed E-state index contributed by atoms with van der Waals surface area (Å²) in [5.41, 5.74) is 0. The Labute approximate surface area is 102 Å². The minimum absolute atomic E-state index is 0.0842. The molecule has 0 amide bonds. The van der Waals surface area contributed by atoms with Gasteiger partial charge in [0.25, 0.3) is 0 Å². The third-order valence-electron chi connectivity index (χ3n) is 4.97. The van der Waals surface area contributed by atoms with Crippen LogP contribution in [0.4, 0.5) is 13.2 Å². The fourth-order valence-corrected chi connectivity index (χ4v) is 4.06. The van der Waals surface area contributed by atoms with Crippen LogP contribution in [0.5, 0.6) is 0 Å². The summed E-state index contributed by atoms with van der Waals surface area (Å²) in [6, 6.07) is 0. The molecule has 2 aliphatic rings. The lowest BCUT2D eigenvalue weighted by Crippen LogP contribution is -2.39. The largest absolute Gasteiger partial charge is 0.392 e. The summed E-state index contributed by atoms with van der Waals surface area (Å²) in [4.78, 5) is 0. The van der Waals surface area contributed by atoms with Gasteiger partial charge in [0.2, 0.25) is 0 Å². The molecule has 17 heavy (non-hydrogen) atoms. The van der Waals surface area contributed by atoms with Gasteiger partial charge in [-0.05, 0) is 37.0 Å². The van der Waals surface area contributed by atoms with E-state index >= 15 is 0 Å². The molecule has 0 aromatic carbocycles. The third kappa shape index (κ3) is 2.97. The van der Waals surface area contributed by atoms with Gasteiger partial charge >= 0.3 is 6.18 Å². The lowest BCUT2D eigenvalue weighted by molar-refractivity contribution is -0.205. The maximum absolute atomic E-state index is 13.1. The van der Waals surface area contributed by atoms with Crippen molar-refractivity contribution in [2.24, 2.45) is 23.7 Å². The maximum Gasteiger partial charge on any atom is 0.392 e. The molecule has 0 radical (unpaired) electrons. The van der Waals surface area contributed by atoms with Crippen molar-refractivity contribution in [1.82, 2.24) is 0 Å². The Morgan fingerprint density at radius 3 is 1.88 bits per heavy atom. The molecule has 3 heteroatoms. The number of rotatable bonds is 1. The van der Waals surface area contributed by atoms with E-state index in [0.29, 0.717) is 18.3 Å². The zero-order valence-corrected chi connectivity index (χ0v) is 10.6. The molecule has 2 rings (SSSR count). The van der Waals surface area contributed by atoms with Gasteiger partial charge in [-0.25, -0.2) is 0 Å². The van der Waals surface area contributed by atoms with E-state index in [1.807, 2.05) is 0 Å². The fourth-order valence-electron chi connectivity index (χ4n) is 4.06. The van der Waals surface area contributed by atoms with E-state index in [9.17, 15) is 13.2 Å². The van der Waals surface area contributed by atoms with Crippen LogP contribution in [-0.4, -0.2) is 6.18 Å². The van der Waals surface area contributed by atoms with Gasteiger partial charge in [0.1, 0.15) is 0 Å². The molecule has 0 N–H and O–H groups in total. The van der Waals surface area contributed by atoms with Crippen LogP contribution in [-0.2, 0) is 0 Å². The lowest BCUT2D eigenvalue weighted by Gasteiger charge is -2.42. The maximum atomic E-state index is 13.1. The SMILES string of the molecule is CC1CCCCC1C1CCCCC1C(F)(F)F. The normalized spacial score (nSPS) is 40.2. The van der Waals surface area contributed by atoms with Crippen LogP contribution >= 0.6 is 0 Å². The van der Waals surface area contributed by atoms with Gasteiger partial charge in [0.15, 0.2) is 0 Å². The molecule has 4 atom stereocenters. The van der Waals surface area contributed by atoms with Crippen molar-refractivity contribution in [2.45, 2.75) is 64.5 Å². The fraction of sp³-hybridized carbons (Fsp3) is 1.00. The molecule has 0 saturated heterocycles. The summed E-state index contributed by atoms with van der Waals surface area (Å²) in [7, 11) is 0. The molecule has 0 nitrogen and oxygen atoms in total. The Kier molecular flexibility index (Phi) is 4.04. The number of alkyl halides is 3. The van der Waals surface area contributed by atoms with Crippen molar-refractivity contribution in [3.8, 4) is 0 Å². The molecule has 0 aliphatic heterocycles. The summed E-state index contributed by atoms with van der Waals surface area (Å²) in [5.74, 6) is -0.270. The van der Waals surface area contributed by atoms with Crippen molar-refractivity contribution in [2.75, 3.05) is 0 Å². The van der Waals surface area contributed by atoms with Gasteiger partial charge in [-0.1, -0.05) is 39.0 Å². The van der Waals surface area contributed by atoms with Crippen molar-refractivity contribution >= 4 is 0 Å². The minimum atomic E-state index is -3.97. The van der Waals surface area contributed by atoms with Crippen LogP contribution in [0.25, 0.3) is 0 Å². The van der Waals surface area contributed by atoms with Crippen LogP contribution in [0.15, 0.2) is 0 Å². The van der Waals surface area contributed by atoms with Gasteiger partial charge in [-0.15, -0.1) is 0 Å². The molecule has 0 aromatic rings. The Morgan fingerprint density at radius 2 is 1.29 bits per heavy atom. The molecule has 0 aromatic heterocycles. The monoisotopic (exact) mass is 248 g/mol. The van der Waals surface area contributed by atoms with Gasteiger partial charge in [-0.3, -0.25) is 0 Å². The third-order valence-corrected chi connectivity index (χ3v) is 4.97. The van der Waals surface area contributed by atoms with Gasteiger partial charge in [0, 0.05) is 0 Å². The molecule has 0 heterocycles. The topological polar surface area (TPSA) is 0 Å². The zero-order valence-electron chi connectivity index (χ0n) is 10.6. The van der Waals surface area contributed by atoms with E-state index in [-0.39, 0.29) is 5.92 Å². The second kappa shape index (κ2) is 5.19. The standard InChI is InChI=1S/C14H23F3/c1-10-6-2-3-7-11(10)12-8-4-5-9-13(12)14(15,16)17/h10-13H,2-9H2,1H3. The Bertz CT molecular complexity index is 246. The Hall–Kier alpha value is -0.210. The van der Waals surface area contributed by atoms with Gasteiger partial charge < -0.3 is 0 Å². The average Bonchev–Trinajstić information content (AvgIpc) is 2.28. The molecular weight excluding hydrogens is 225 g/mol. The van der Waals surface area contributed by atoms with Crippen molar-refractivity contribution in [3.63, 3.8) is 0 Å². The van der Waals surface area contributed by atoms with Crippen LogP contribution < -0.4 is 0 Å². The quantitative estimate of drug-likeness (QED) is 0.599. The molecule has 100 valence electrons. The van der Waals surface area contributed by atoms with Gasteiger partial charge in [0.05, 0.1) is 5.92 Å². The highest BCUT2D eigenvalue weighted by molar-refractivity contribution is 4.88. The predicted octanol–water partition coefficient (Wildman–Crippen LogP) is 5.18. The van der Waals surface area contributed by atoms with E-state index < -0.39 is 12.1 Å². The van der Waals surface area contributed by atoms with Crippen molar-refractivity contribution in [3.05, 3.63) is 0 Å².